The van der Waals surface area contributed by atoms with Gasteiger partial charge in [-0.25, -0.2) is 9.97 Å². The van der Waals surface area contributed by atoms with E-state index in [1.807, 2.05) is 55.2 Å². The number of carbonyl (C=O) groups is 1. The highest BCUT2D eigenvalue weighted by Gasteiger charge is 2.32. The molecule has 5 rings (SSSR count). The van der Waals surface area contributed by atoms with Crippen molar-refractivity contribution in [3.63, 3.8) is 0 Å². The maximum absolute atomic E-state index is 13.1. The lowest BCUT2D eigenvalue weighted by Crippen LogP contribution is -2.31. The first-order valence-corrected chi connectivity index (χ1v) is 11.5. The van der Waals surface area contributed by atoms with Crippen molar-refractivity contribution in [3.05, 3.63) is 35.2 Å². The molecule has 1 aliphatic heterocycles. The van der Waals surface area contributed by atoms with Gasteiger partial charge in [0, 0.05) is 45.0 Å². The predicted octanol–water partition coefficient (Wildman–Crippen LogP) is 2.20. The van der Waals surface area contributed by atoms with E-state index < -0.39 is 0 Å². The standard InChI is InChI=1S/C23H29N9O2/c1-7-32-14(3)17(10-26-32)20-27-19-21(29(20)5)24-12-25-22(19)34-16-8-9-31(11-16)23(33)18-13(2)28-30(6)15(18)4/h10,12,16H,7-9,11H2,1-6H3. The maximum atomic E-state index is 13.1. The first kappa shape index (κ1) is 22.1. The van der Waals surface area contributed by atoms with Crippen molar-refractivity contribution < 1.29 is 9.53 Å². The molecule has 11 nitrogen and oxygen atoms in total. The fraction of sp³-hybridized carbons (Fsp3) is 0.478. The Morgan fingerprint density at radius 1 is 1.18 bits per heavy atom. The molecule has 178 valence electrons. The molecule has 1 atom stereocenters. The molecular weight excluding hydrogens is 434 g/mol. The molecular formula is C23H29N9O2. The molecule has 4 aromatic rings. The molecule has 0 N–H and O–H groups in total. The van der Waals surface area contributed by atoms with Gasteiger partial charge in [-0.2, -0.15) is 15.2 Å². The average Bonchev–Trinajstić information content (AvgIpc) is 3.56. The number of aryl methyl sites for hydroxylation is 4. The van der Waals surface area contributed by atoms with Crippen LogP contribution in [0.1, 0.15) is 40.8 Å². The Labute approximate surface area is 197 Å². The topological polar surface area (TPSA) is 109 Å². The molecule has 11 heteroatoms. The summed E-state index contributed by atoms with van der Waals surface area (Å²) in [6.07, 6.45) is 3.87. The third-order valence-electron chi connectivity index (χ3n) is 6.70. The molecule has 0 aliphatic carbocycles. The van der Waals surface area contributed by atoms with Gasteiger partial charge in [-0.15, -0.1) is 0 Å². The molecule has 1 aliphatic rings. The number of amides is 1. The van der Waals surface area contributed by atoms with Gasteiger partial charge in [-0.3, -0.25) is 14.2 Å². The van der Waals surface area contributed by atoms with Crippen molar-refractivity contribution in [1.29, 1.82) is 0 Å². The Hall–Kier alpha value is -3.76. The first-order chi connectivity index (χ1) is 16.3. The molecule has 0 saturated carbocycles. The van der Waals surface area contributed by atoms with Gasteiger partial charge < -0.3 is 14.2 Å². The van der Waals surface area contributed by atoms with Crippen molar-refractivity contribution in [2.75, 3.05) is 13.1 Å². The van der Waals surface area contributed by atoms with E-state index in [-0.39, 0.29) is 12.0 Å². The van der Waals surface area contributed by atoms with Crippen LogP contribution < -0.4 is 4.74 Å². The van der Waals surface area contributed by atoms with E-state index >= 15 is 0 Å². The van der Waals surface area contributed by atoms with E-state index in [2.05, 4.69) is 27.1 Å². The second-order valence-electron chi connectivity index (χ2n) is 8.75. The van der Waals surface area contributed by atoms with E-state index in [1.165, 1.54) is 6.33 Å². The molecule has 0 radical (unpaired) electrons. The highest BCUT2D eigenvalue weighted by Crippen LogP contribution is 2.30. The van der Waals surface area contributed by atoms with Crippen LogP contribution in [0.25, 0.3) is 22.6 Å². The number of likely N-dealkylation sites (tertiary alicyclic amines) is 1. The Kier molecular flexibility index (Phi) is 5.34. The Bertz CT molecular complexity index is 1400. The quantitative estimate of drug-likeness (QED) is 0.446. The number of fused-ring (bicyclic) bond motifs is 1. The average molecular weight is 464 g/mol. The molecule has 1 amide bonds. The molecule has 0 bridgehead atoms. The lowest BCUT2D eigenvalue weighted by molar-refractivity contribution is 0.0770. The number of carbonyl (C=O) groups excluding carboxylic acids is 1. The van der Waals surface area contributed by atoms with Crippen LogP contribution in [0.2, 0.25) is 0 Å². The number of rotatable bonds is 5. The summed E-state index contributed by atoms with van der Waals surface area (Å²) in [5.74, 6) is 1.19. The highest BCUT2D eigenvalue weighted by molar-refractivity contribution is 5.96. The lowest BCUT2D eigenvalue weighted by atomic mass is 10.2. The molecule has 5 heterocycles. The van der Waals surface area contributed by atoms with Crippen LogP contribution in [0, 0.1) is 20.8 Å². The minimum Gasteiger partial charge on any atom is -0.471 e. The van der Waals surface area contributed by atoms with Gasteiger partial charge in [0.2, 0.25) is 5.88 Å². The molecule has 1 fully saturated rings. The summed E-state index contributed by atoms with van der Waals surface area (Å²) in [4.78, 5) is 28.6. The Morgan fingerprint density at radius 2 is 1.97 bits per heavy atom. The molecule has 0 aromatic carbocycles. The Morgan fingerprint density at radius 3 is 2.65 bits per heavy atom. The van der Waals surface area contributed by atoms with Crippen LogP contribution >= 0.6 is 0 Å². The zero-order valence-electron chi connectivity index (χ0n) is 20.4. The van der Waals surface area contributed by atoms with E-state index in [9.17, 15) is 4.79 Å². The van der Waals surface area contributed by atoms with Gasteiger partial charge >= 0.3 is 0 Å². The number of nitrogens with zero attached hydrogens (tertiary/aromatic N) is 9. The summed E-state index contributed by atoms with van der Waals surface area (Å²) in [6, 6.07) is 0. The number of ether oxygens (including phenoxy) is 1. The van der Waals surface area contributed by atoms with Crippen molar-refractivity contribution in [3.8, 4) is 17.3 Å². The van der Waals surface area contributed by atoms with Crippen molar-refractivity contribution >= 4 is 17.1 Å². The number of imidazole rings is 1. The lowest BCUT2D eigenvalue weighted by Gasteiger charge is -2.17. The summed E-state index contributed by atoms with van der Waals surface area (Å²) in [6.45, 7) is 9.77. The van der Waals surface area contributed by atoms with Gasteiger partial charge in [0.25, 0.3) is 5.91 Å². The van der Waals surface area contributed by atoms with Crippen molar-refractivity contribution in [1.82, 2.24) is 44.0 Å². The van der Waals surface area contributed by atoms with Gasteiger partial charge in [0.15, 0.2) is 11.2 Å². The van der Waals surface area contributed by atoms with E-state index in [0.29, 0.717) is 35.7 Å². The smallest absolute Gasteiger partial charge is 0.257 e. The minimum atomic E-state index is -0.172. The number of hydrogen-bond donors (Lipinski definition) is 0. The SMILES string of the molecule is CCn1ncc(-c2nc3c(OC4CCN(C(=O)c5c(C)nn(C)c5C)C4)ncnc3n2C)c1C. The number of hydrogen-bond acceptors (Lipinski definition) is 7. The van der Waals surface area contributed by atoms with Gasteiger partial charge in [0.1, 0.15) is 18.3 Å². The van der Waals surface area contributed by atoms with Crippen molar-refractivity contribution in [2.24, 2.45) is 14.1 Å². The first-order valence-electron chi connectivity index (χ1n) is 11.5. The highest BCUT2D eigenvalue weighted by atomic mass is 16.5. The normalized spacial score (nSPS) is 16.1. The second kappa shape index (κ2) is 8.23. The maximum Gasteiger partial charge on any atom is 0.257 e. The molecule has 1 saturated heterocycles. The van der Waals surface area contributed by atoms with Crippen LogP contribution in [0.4, 0.5) is 0 Å². The fourth-order valence-electron chi connectivity index (χ4n) is 4.70. The van der Waals surface area contributed by atoms with Crippen molar-refractivity contribution in [2.45, 2.75) is 46.8 Å². The zero-order chi connectivity index (χ0) is 24.1. The van der Waals surface area contributed by atoms with Crippen LogP contribution in [-0.2, 0) is 20.6 Å². The fourth-order valence-corrected chi connectivity index (χ4v) is 4.70. The van der Waals surface area contributed by atoms with Gasteiger partial charge in [0.05, 0.1) is 29.6 Å². The Balaban J connectivity index is 1.39. The second-order valence-corrected chi connectivity index (χ2v) is 8.75. The van der Waals surface area contributed by atoms with E-state index in [4.69, 9.17) is 9.72 Å². The largest absolute Gasteiger partial charge is 0.471 e. The van der Waals surface area contributed by atoms with Crippen LogP contribution in [-0.4, -0.2) is 69.1 Å². The summed E-state index contributed by atoms with van der Waals surface area (Å²) in [5.41, 5.74) is 5.57. The minimum absolute atomic E-state index is 0.00873. The molecule has 34 heavy (non-hydrogen) atoms. The van der Waals surface area contributed by atoms with Crippen LogP contribution in [0.15, 0.2) is 12.5 Å². The molecule has 4 aromatic heterocycles. The zero-order valence-corrected chi connectivity index (χ0v) is 20.4. The third kappa shape index (κ3) is 3.42. The summed E-state index contributed by atoms with van der Waals surface area (Å²) in [7, 11) is 3.78. The summed E-state index contributed by atoms with van der Waals surface area (Å²) < 4.78 is 11.9. The van der Waals surface area contributed by atoms with Gasteiger partial charge in [-0.05, 0) is 27.7 Å². The van der Waals surface area contributed by atoms with E-state index in [1.54, 1.807) is 4.68 Å². The third-order valence-corrected chi connectivity index (χ3v) is 6.70. The summed E-state index contributed by atoms with van der Waals surface area (Å²) >= 11 is 0. The molecule has 0 spiro atoms. The van der Waals surface area contributed by atoms with Crippen LogP contribution in [0.5, 0.6) is 5.88 Å². The monoisotopic (exact) mass is 463 g/mol. The van der Waals surface area contributed by atoms with E-state index in [0.717, 1.165) is 41.4 Å². The number of aromatic nitrogens is 8. The predicted molar refractivity (Wildman–Crippen MR) is 126 cm³/mol. The van der Waals surface area contributed by atoms with Gasteiger partial charge in [-0.1, -0.05) is 0 Å². The van der Waals surface area contributed by atoms with Crippen LogP contribution in [0.3, 0.4) is 0 Å². The molecule has 1 unspecified atom stereocenters. The summed E-state index contributed by atoms with van der Waals surface area (Å²) in [5, 5.41) is 8.82.